The molecular formula is C23H16ClF6N3O5. The summed E-state index contributed by atoms with van der Waals surface area (Å²) in [5.74, 6) is -2.76. The molecule has 0 unspecified atom stereocenters. The number of aromatic nitrogens is 2. The van der Waals surface area contributed by atoms with Gasteiger partial charge in [0.2, 0.25) is 5.69 Å². The molecule has 15 heteroatoms. The van der Waals surface area contributed by atoms with Gasteiger partial charge in [-0.3, -0.25) is 9.59 Å². The van der Waals surface area contributed by atoms with Gasteiger partial charge in [0.05, 0.1) is 34.5 Å². The minimum Gasteiger partial charge on any atom is -0.481 e. The van der Waals surface area contributed by atoms with Crippen LogP contribution in [-0.4, -0.2) is 34.9 Å². The number of nitrogens with one attached hydrogen (secondary N) is 1. The van der Waals surface area contributed by atoms with Crippen molar-refractivity contribution >= 4 is 29.2 Å². The molecule has 3 aromatic rings. The molecule has 0 aliphatic carbocycles. The second-order valence-electron chi connectivity index (χ2n) is 7.41. The first kappa shape index (κ1) is 28.5. The topological polar surface area (TPSA) is 99.5 Å². The molecule has 0 spiro atoms. The van der Waals surface area contributed by atoms with Crippen LogP contribution in [-0.2, 0) is 21.9 Å². The number of benzene rings is 2. The van der Waals surface area contributed by atoms with Gasteiger partial charge in [-0.25, -0.2) is 4.79 Å². The maximum absolute atomic E-state index is 13.0. The molecular weight excluding hydrogens is 548 g/mol. The van der Waals surface area contributed by atoms with Crippen molar-refractivity contribution in [2.24, 2.45) is 0 Å². The summed E-state index contributed by atoms with van der Waals surface area (Å²) in [4.78, 5) is 37.3. The first-order valence-electron chi connectivity index (χ1n) is 10.5. The van der Waals surface area contributed by atoms with Gasteiger partial charge in [0.15, 0.2) is 12.4 Å². The van der Waals surface area contributed by atoms with E-state index in [9.17, 15) is 40.7 Å². The Labute approximate surface area is 214 Å². The molecule has 1 heterocycles. The van der Waals surface area contributed by atoms with Gasteiger partial charge >= 0.3 is 18.3 Å². The van der Waals surface area contributed by atoms with Gasteiger partial charge < -0.3 is 14.8 Å². The van der Waals surface area contributed by atoms with E-state index >= 15 is 0 Å². The molecule has 202 valence electrons. The zero-order chi connectivity index (χ0) is 28.3. The Morgan fingerprint density at radius 3 is 2.16 bits per heavy atom. The minimum atomic E-state index is -5.12. The van der Waals surface area contributed by atoms with E-state index < -0.39 is 64.7 Å². The SMILES string of the molecule is CCOC(=O)c1nn(-c2ccccc2Cl)c(=O)cc1OCC(=O)Nc1cc(C(F)(F)F)cc(C(F)(F)F)c1. The van der Waals surface area contributed by atoms with Crippen molar-refractivity contribution in [3.05, 3.63) is 80.7 Å². The summed E-state index contributed by atoms with van der Waals surface area (Å²) in [5, 5.41) is 5.88. The van der Waals surface area contributed by atoms with Gasteiger partial charge in [-0.2, -0.15) is 36.1 Å². The van der Waals surface area contributed by atoms with Crippen LogP contribution in [0.3, 0.4) is 0 Å². The number of halogens is 7. The predicted molar refractivity (Wildman–Crippen MR) is 121 cm³/mol. The number of carbonyl (C=O) groups is 2. The Bertz CT molecular complexity index is 1390. The molecule has 0 saturated carbocycles. The van der Waals surface area contributed by atoms with Crippen molar-refractivity contribution in [1.82, 2.24) is 9.78 Å². The summed E-state index contributed by atoms with van der Waals surface area (Å²) < 4.78 is 89.1. The molecule has 3 rings (SSSR count). The Hall–Kier alpha value is -4.07. The van der Waals surface area contributed by atoms with Crippen molar-refractivity contribution in [1.29, 1.82) is 0 Å². The van der Waals surface area contributed by atoms with Gasteiger partial charge in [-0.1, -0.05) is 23.7 Å². The number of ether oxygens (including phenoxy) is 2. The Balaban J connectivity index is 1.89. The molecule has 8 nitrogen and oxygen atoms in total. The molecule has 1 amide bonds. The largest absolute Gasteiger partial charge is 0.481 e. The van der Waals surface area contributed by atoms with Gasteiger partial charge in [-0.05, 0) is 37.3 Å². The van der Waals surface area contributed by atoms with Crippen molar-refractivity contribution in [3.63, 3.8) is 0 Å². The highest BCUT2D eigenvalue weighted by atomic mass is 35.5. The predicted octanol–water partition coefficient (Wildman–Crippen LogP) is 5.12. The van der Waals surface area contributed by atoms with Crippen molar-refractivity contribution < 1.29 is 45.4 Å². The molecule has 0 fully saturated rings. The maximum atomic E-state index is 13.0. The van der Waals surface area contributed by atoms with Crippen LogP contribution < -0.4 is 15.6 Å². The maximum Gasteiger partial charge on any atom is 0.416 e. The number of alkyl halides is 6. The highest BCUT2D eigenvalue weighted by Gasteiger charge is 2.37. The van der Waals surface area contributed by atoms with Crippen LogP contribution in [0.25, 0.3) is 5.69 Å². The van der Waals surface area contributed by atoms with Crippen LogP contribution in [0.15, 0.2) is 53.3 Å². The number of nitrogens with zero attached hydrogens (tertiary/aromatic N) is 2. The molecule has 38 heavy (non-hydrogen) atoms. The lowest BCUT2D eigenvalue weighted by Gasteiger charge is -2.15. The summed E-state index contributed by atoms with van der Waals surface area (Å²) in [6, 6.07) is 7.34. The van der Waals surface area contributed by atoms with Crippen molar-refractivity contribution in [2.45, 2.75) is 19.3 Å². The smallest absolute Gasteiger partial charge is 0.416 e. The molecule has 2 aromatic carbocycles. The number of amides is 1. The number of hydrogen-bond donors (Lipinski definition) is 1. The van der Waals surface area contributed by atoms with Crippen LogP contribution in [0.1, 0.15) is 28.5 Å². The lowest BCUT2D eigenvalue weighted by Crippen LogP contribution is -2.27. The fraction of sp³-hybridized carbons (Fsp3) is 0.217. The monoisotopic (exact) mass is 563 g/mol. The summed E-state index contributed by atoms with van der Waals surface area (Å²) >= 11 is 6.08. The van der Waals surface area contributed by atoms with E-state index in [0.29, 0.717) is 12.1 Å². The van der Waals surface area contributed by atoms with E-state index in [-0.39, 0.29) is 23.4 Å². The van der Waals surface area contributed by atoms with Gasteiger partial charge in [-0.15, -0.1) is 0 Å². The fourth-order valence-corrected chi connectivity index (χ4v) is 3.27. The molecule has 0 atom stereocenters. The van der Waals surface area contributed by atoms with Gasteiger partial charge in [0, 0.05) is 5.69 Å². The second-order valence-corrected chi connectivity index (χ2v) is 7.82. The summed E-state index contributed by atoms with van der Waals surface area (Å²) in [6.07, 6.45) is -10.2. The second kappa shape index (κ2) is 11.1. The molecule has 0 saturated heterocycles. The Morgan fingerprint density at radius 1 is 1.00 bits per heavy atom. The third-order valence-electron chi connectivity index (χ3n) is 4.68. The van der Waals surface area contributed by atoms with Crippen molar-refractivity contribution in [3.8, 4) is 11.4 Å². The zero-order valence-electron chi connectivity index (χ0n) is 19.1. The zero-order valence-corrected chi connectivity index (χ0v) is 19.9. The summed E-state index contributed by atoms with van der Waals surface area (Å²) in [5.41, 5.74) is -5.36. The molecule has 0 radical (unpaired) electrons. The highest BCUT2D eigenvalue weighted by molar-refractivity contribution is 6.32. The number of para-hydroxylation sites is 1. The first-order valence-corrected chi connectivity index (χ1v) is 10.9. The number of carbonyl (C=O) groups excluding carboxylic acids is 2. The molecule has 0 aliphatic heterocycles. The van der Waals surface area contributed by atoms with E-state index in [2.05, 4.69) is 5.10 Å². The van der Waals surface area contributed by atoms with Crippen LogP contribution in [0.5, 0.6) is 5.75 Å². The van der Waals surface area contributed by atoms with Crippen LogP contribution in [0.2, 0.25) is 5.02 Å². The summed E-state index contributed by atoms with van der Waals surface area (Å²) in [7, 11) is 0. The first-order chi connectivity index (χ1) is 17.7. The average molecular weight is 564 g/mol. The van der Waals surface area contributed by atoms with E-state index in [1.807, 2.05) is 5.32 Å². The van der Waals surface area contributed by atoms with Crippen LogP contribution in [0, 0.1) is 0 Å². The van der Waals surface area contributed by atoms with E-state index in [0.717, 1.165) is 10.7 Å². The van der Waals surface area contributed by atoms with Crippen LogP contribution >= 0.6 is 11.6 Å². The lowest BCUT2D eigenvalue weighted by molar-refractivity contribution is -0.143. The van der Waals surface area contributed by atoms with Crippen LogP contribution in [0.4, 0.5) is 32.0 Å². The van der Waals surface area contributed by atoms with E-state index in [1.54, 1.807) is 12.1 Å². The standard InChI is InChI=1S/C23H16ClF6N3O5/c1-2-37-21(36)20-17(10-19(35)33(32-20)16-6-4-3-5-15(16)24)38-11-18(34)31-14-8-12(22(25,26)27)7-13(9-14)23(28,29)30/h3-10H,2,11H2,1H3,(H,31,34). The van der Waals surface area contributed by atoms with Gasteiger partial charge in [0.1, 0.15) is 0 Å². The molecule has 1 aromatic heterocycles. The number of anilines is 1. The average Bonchev–Trinajstić information content (AvgIpc) is 2.82. The third kappa shape index (κ3) is 6.82. The highest BCUT2D eigenvalue weighted by Crippen LogP contribution is 2.37. The van der Waals surface area contributed by atoms with E-state index in [4.69, 9.17) is 21.1 Å². The fourth-order valence-electron chi connectivity index (χ4n) is 3.05. The molecule has 0 bridgehead atoms. The molecule has 1 N–H and O–H groups in total. The minimum absolute atomic E-state index is 0.0945. The molecule has 0 aliphatic rings. The van der Waals surface area contributed by atoms with Gasteiger partial charge in [0.25, 0.3) is 11.5 Å². The Morgan fingerprint density at radius 2 is 1.61 bits per heavy atom. The summed E-state index contributed by atoms with van der Waals surface area (Å²) in [6.45, 7) is 0.379. The Kier molecular flexibility index (Phi) is 8.35. The van der Waals surface area contributed by atoms with E-state index in [1.165, 1.54) is 19.1 Å². The lowest BCUT2D eigenvalue weighted by atomic mass is 10.1. The van der Waals surface area contributed by atoms with Crippen molar-refractivity contribution in [2.75, 3.05) is 18.5 Å². The normalized spacial score (nSPS) is 11.7. The number of hydrogen-bond acceptors (Lipinski definition) is 6. The number of esters is 1. The number of rotatable bonds is 7. The third-order valence-corrected chi connectivity index (χ3v) is 5.00. The quantitative estimate of drug-likeness (QED) is 0.317.